The minimum absolute atomic E-state index is 0. The fraction of sp³-hybridized carbons (Fsp3) is 0.263. The fourth-order valence-electron chi connectivity index (χ4n) is 2.74. The normalized spacial score (nSPS) is 16.1. The molecule has 22 heavy (non-hydrogen) atoms. The van der Waals surface area contributed by atoms with Crippen LogP contribution in [0.2, 0.25) is 0 Å². The summed E-state index contributed by atoms with van der Waals surface area (Å²) in [5.74, 6) is 0. The Labute approximate surface area is 160 Å². The van der Waals surface area contributed by atoms with Gasteiger partial charge in [0.05, 0.1) is 0 Å². The quantitative estimate of drug-likeness (QED) is 0.425. The Bertz CT molecular complexity index is 667. The van der Waals surface area contributed by atoms with Crippen LogP contribution < -0.4 is 0 Å². The third kappa shape index (κ3) is 3.75. The predicted molar refractivity (Wildman–Crippen MR) is 96.7 cm³/mol. The van der Waals surface area contributed by atoms with Crippen molar-refractivity contribution in [3.8, 4) is 0 Å². The average molecular weight is 499 g/mol. The van der Waals surface area contributed by atoms with E-state index in [1.807, 2.05) is 0 Å². The van der Waals surface area contributed by atoms with Gasteiger partial charge >= 0.3 is 137 Å². The first-order valence-corrected chi connectivity index (χ1v) is 9.17. The van der Waals surface area contributed by atoms with Gasteiger partial charge in [-0.05, 0) is 0 Å². The van der Waals surface area contributed by atoms with Crippen LogP contribution in [0.25, 0.3) is 11.6 Å². The molecule has 2 aromatic carbocycles. The maximum absolute atomic E-state index is 2.37. The molecule has 0 aromatic heterocycles. The fourth-order valence-corrected chi connectivity index (χ4v) is 4.58. The van der Waals surface area contributed by atoms with Crippen LogP contribution in [0, 0.1) is 0 Å². The molecule has 0 amide bonds. The summed E-state index contributed by atoms with van der Waals surface area (Å²) in [5, 5.41) is 0. The smallest absolute Gasteiger partial charge is 0.147 e. The van der Waals surface area contributed by atoms with Crippen molar-refractivity contribution in [3.05, 3.63) is 70.8 Å². The molecule has 0 saturated carbocycles. The maximum Gasteiger partial charge on any atom is -0.147 e. The molecule has 0 nitrogen and oxygen atoms in total. The van der Waals surface area contributed by atoms with E-state index in [9.17, 15) is 0 Å². The standard InChI is InChI=1S/C19H19.2ClH.Hf/c1-19(2,3)18-10-8-14(9-11-18)17-12-15-6-4-5-7-16(15)13-17;;;/h4-13H,1-3H3;2*1H;. The molecule has 0 bridgehead atoms. The van der Waals surface area contributed by atoms with E-state index in [0.29, 0.717) is 3.67 Å². The number of hydrogen-bond donors (Lipinski definition) is 0. The van der Waals surface area contributed by atoms with Gasteiger partial charge in [-0.2, -0.15) is 0 Å². The Balaban J connectivity index is 0.00000121. The van der Waals surface area contributed by atoms with Crippen LogP contribution >= 0.6 is 24.8 Å². The summed E-state index contributed by atoms with van der Waals surface area (Å²) in [4.78, 5) is 0. The number of hydrogen-bond acceptors (Lipinski definition) is 0. The summed E-state index contributed by atoms with van der Waals surface area (Å²) < 4.78 is 0.631. The van der Waals surface area contributed by atoms with Crippen molar-refractivity contribution in [2.24, 2.45) is 0 Å². The zero-order valence-electron chi connectivity index (χ0n) is 13.1. The number of allylic oxidation sites excluding steroid dienone is 1. The van der Waals surface area contributed by atoms with Crippen LogP contribution in [0.15, 0.2) is 48.5 Å². The average Bonchev–Trinajstić information content (AvgIpc) is 2.76. The maximum atomic E-state index is 2.37. The van der Waals surface area contributed by atoms with E-state index in [2.05, 4.69) is 75.4 Å². The zero-order chi connectivity index (χ0) is 14.3. The number of halogens is 2. The van der Waals surface area contributed by atoms with Crippen LogP contribution in [0.5, 0.6) is 0 Å². The first kappa shape index (κ1) is 19.7. The SMILES string of the molecule is CC(C)(C)c1ccc(C2=Cc3ccccc3[CH]2[Hf])cc1.Cl.Cl. The van der Waals surface area contributed by atoms with Crippen molar-refractivity contribution in [2.45, 2.75) is 29.9 Å². The van der Waals surface area contributed by atoms with Crippen molar-refractivity contribution >= 4 is 36.5 Å². The van der Waals surface area contributed by atoms with Crippen LogP contribution in [-0.4, -0.2) is 0 Å². The van der Waals surface area contributed by atoms with Gasteiger partial charge in [-0.3, -0.25) is 0 Å². The molecule has 1 unspecified atom stereocenters. The van der Waals surface area contributed by atoms with Crippen LogP contribution in [-0.2, 0) is 29.8 Å². The van der Waals surface area contributed by atoms with Gasteiger partial charge in [-0.25, -0.2) is 0 Å². The number of benzene rings is 2. The molecule has 0 spiro atoms. The third-order valence-corrected chi connectivity index (χ3v) is 6.25. The first-order valence-electron chi connectivity index (χ1n) is 7.09. The number of rotatable bonds is 1. The topological polar surface area (TPSA) is 0 Å². The Morgan fingerprint density at radius 3 is 2.00 bits per heavy atom. The van der Waals surface area contributed by atoms with Crippen LogP contribution in [0.3, 0.4) is 0 Å². The summed E-state index contributed by atoms with van der Waals surface area (Å²) in [6.45, 7) is 6.80. The molecule has 1 aliphatic rings. The van der Waals surface area contributed by atoms with E-state index in [4.69, 9.17) is 0 Å². The second kappa shape index (κ2) is 7.47. The Morgan fingerprint density at radius 1 is 0.864 bits per heavy atom. The van der Waals surface area contributed by atoms with Crippen molar-refractivity contribution in [3.63, 3.8) is 0 Å². The van der Waals surface area contributed by atoms with E-state index in [1.165, 1.54) is 52.2 Å². The Kier molecular flexibility index (Phi) is 6.68. The molecular formula is C19H21Cl2Hf. The molecule has 2 aromatic rings. The van der Waals surface area contributed by atoms with E-state index in [1.54, 1.807) is 0 Å². The minimum Gasteiger partial charge on any atom is -0.147 e. The molecule has 1 aliphatic carbocycles. The van der Waals surface area contributed by atoms with Gasteiger partial charge < -0.3 is 0 Å². The third-order valence-electron chi connectivity index (χ3n) is 4.01. The molecule has 1 atom stereocenters. The predicted octanol–water partition coefficient (Wildman–Crippen LogP) is 5.97. The minimum atomic E-state index is 0. The molecule has 0 radical (unpaired) electrons. The van der Waals surface area contributed by atoms with Gasteiger partial charge in [0.2, 0.25) is 0 Å². The van der Waals surface area contributed by atoms with Crippen LogP contribution in [0.1, 0.15) is 46.7 Å². The summed E-state index contributed by atoms with van der Waals surface area (Å²) in [5.41, 5.74) is 7.43. The van der Waals surface area contributed by atoms with Crippen LogP contribution in [0.4, 0.5) is 0 Å². The van der Waals surface area contributed by atoms with Gasteiger partial charge in [-0.1, -0.05) is 0 Å². The first-order chi connectivity index (χ1) is 9.47. The Hall–Kier alpha value is -0.370. The Morgan fingerprint density at radius 2 is 1.45 bits per heavy atom. The summed E-state index contributed by atoms with van der Waals surface area (Å²) in [6, 6.07) is 18.0. The molecule has 0 heterocycles. The van der Waals surface area contributed by atoms with Crippen molar-refractivity contribution in [1.82, 2.24) is 0 Å². The molecule has 0 fully saturated rings. The van der Waals surface area contributed by atoms with Gasteiger partial charge in [-0.15, -0.1) is 24.8 Å². The molecule has 115 valence electrons. The molecule has 0 saturated heterocycles. The van der Waals surface area contributed by atoms with E-state index in [-0.39, 0.29) is 30.2 Å². The van der Waals surface area contributed by atoms with Gasteiger partial charge in [0.25, 0.3) is 0 Å². The largest absolute Gasteiger partial charge is 0.147 e. The molecule has 3 rings (SSSR count). The number of fused-ring (bicyclic) bond motifs is 1. The van der Waals surface area contributed by atoms with Gasteiger partial charge in [0.1, 0.15) is 0 Å². The molecule has 0 aliphatic heterocycles. The van der Waals surface area contributed by atoms with Crippen molar-refractivity contribution < 1.29 is 24.4 Å². The molecule has 0 N–H and O–H groups in total. The molecule has 3 heteroatoms. The van der Waals surface area contributed by atoms with Crippen molar-refractivity contribution in [2.75, 3.05) is 0 Å². The monoisotopic (exact) mass is 499 g/mol. The summed E-state index contributed by atoms with van der Waals surface area (Å²) >= 11 is 1.17. The second-order valence-corrected chi connectivity index (χ2v) is 8.56. The van der Waals surface area contributed by atoms with E-state index in [0.717, 1.165) is 0 Å². The van der Waals surface area contributed by atoms with Crippen molar-refractivity contribution in [1.29, 1.82) is 0 Å². The van der Waals surface area contributed by atoms with Gasteiger partial charge in [0, 0.05) is 0 Å². The zero-order valence-corrected chi connectivity index (χ0v) is 18.3. The van der Waals surface area contributed by atoms with E-state index < -0.39 is 0 Å². The molecular weight excluding hydrogens is 478 g/mol. The summed E-state index contributed by atoms with van der Waals surface area (Å²) in [6.07, 6.45) is 2.37. The summed E-state index contributed by atoms with van der Waals surface area (Å²) in [7, 11) is 0. The van der Waals surface area contributed by atoms with E-state index >= 15 is 0 Å². The van der Waals surface area contributed by atoms with Gasteiger partial charge in [0.15, 0.2) is 0 Å². The second-order valence-electron chi connectivity index (χ2n) is 6.49.